The molecule has 0 aliphatic rings. The molecule has 1 aromatic carbocycles. The van der Waals surface area contributed by atoms with Crippen LogP contribution in [0.2, 0.25) is 0 Å². The summed E-state index contributed by atoms with van der Waals surface area (Å²) in [5.74, 6) is -1.78. The second-order valence-corrected chi connectivity index (χ2v) is 9.74. The maximum absolute atomic E-state index is 13.7. The number of amides is 4. The number of alkyl carbamates (subject to hydrolysis) is 1. The number of hydrogen-bond donors (Lipinski definition) is 4. The molecule has 0 radical (unpaired) electrons. The molecule has 10 nitrogen and oxygen atoms in total. The van der Waals surface area contributed by atoms with Gasteiger partial charge in [0.1, 0.15) is 23.4 Å². The van der Waals surface area contributed by atoms with Gasteiger partial charge in [0.05, 0.1) is 0 Å². The number of aryl methyl sites for hydroxylation is 1. The lowest BCUT2D eigenvalue weighted by molar-refractivity contribution is -0.142. The predicted octanol–water partition coefficient (Wildman–Crippen LogP) is 3.06. The molecule has 0 spiro atoms. The summed E-state index contributed by atoms with van der Waals surface area (Å²) in [4.78, 5) is 52.3. The number of carbonyl (C=O) groups is 4. The van der Waals surface area contributed by atoms with Gasteiger partial charge in [-0.3, -0.25) is 14.4 Å². The van der Waals surface area contributed by atoms with Crippen LogP contribution in [0.1, 0.15) is 83.9 Å². The Morgan fingerprint density at radius 1 is 1.14 bits per heavy atom. The first-order chi connectivity index (χ1) is 16.8. The Morgan fingerprint density at radius 3 is 2.36 bits per heavy atom. The van der Waals surface area contributed by atoms with Gasteiger partial charge in [0, 0.05) is 25.1 Å². The van der Waals surface area contributed by atoms with Crippen LogP contribution in [0.15, 0.2) is 18.2 Å². The number of primary amides is 1. The zero-order chi connectivity index (χ0) is 27.5. The van der Waals surface area contributed by atoms with Crippen molar-refractivity contribution in [2.75, 3.05) is 13.1 Å². The number of para-hydroxylation sites is 1. The molecular weight excluding hydrogens is 464 g/mol. The number of phenols is 1. The summed E-state index contributed by atoms with van der Waals surface area (Å²) in [6.45, 7) is 11.0. The average molecular weight is 507 g/mol. The molecule has 1 rings (SSSR count). The van der Waals surface area contributed by atoms with Gasteiger partial charge in [-0.15, -0.1) is 0 Å². The molecule has 0 saturated heterocycles. The molecule has 1 aromatic rings. The molecule has 0 fully saturated rings. The van der Waals surface area contributed by atoms with Crippen LogP contribution in [0.3, 0.4) is 0 Å². The summed E-state index contributed by atoms with van der Waals surface area (Å²) in [5, 5.41) is 16.2. The van der Waals surface area contributed by atoms with Crippen molar-refractivity contribution in [1.82, 2.24) is 15.5 Å². The Labute approximate surface area is 213 Å². The van der Waals surface area contributed by atoms with Gasteiger partial charge in [-0.1, -0.05) is 38.0 Å². The first-order valence-corrected chi connectivity index (χ1v) is 12.5. The summed E-state index contributed by atoms with van der Waals surface area (Å²) in [5.41, 5.74) is 5.31. The fraction of sp³-hybridized carbons (Fsp3) is 0.615. The van der Waals surface area contributed by atoms with Crippen molar-refractivity contribution in [3.05, 3.63) is 29.3 Å². The number of ether oxygens (including phenoxy) is 1. The number of hydrogen-bond acceptors (Lipinski definition) is 6. The topological polar surface area (TPSA) is 151 Å². The van der Waals surface area contributed by atoms with E-state index in [4.69, 9.17) is 10.5 Å². The van der Waals surface area contributed by atoms with E-state index >= 15 is 0 Å². The smallest absolute Gasteiger partial charge is 0.408 e. The number of likely N-dealkylation sites (N-methyl/N-ethyl adjacent to an activating group) is 1. The van der Waals surface area contributed by atoms with Crippen molar-refractivity contribution in [2.24, 2.45) is 5.73 Å². The zero-order valence-corrected chi connectivity index (χ0v) is 22.3. The van der Waals surface area contributed by atoms with Crippen LogP contribution < -0.4 is 16.4 Å². The van der Waals surface area contributed by atoms with Gasteiger partial charge >= 0.3 is 6.09 Å². The van der Waals surface area contributed by atoms with E-state index < -0.39 is 41.5 Å². The minimum Gasteiger partial charge on any atom is -0.507 e. The number of rotatable bonds is 13. The van der Waals surface area contributed by atoms with Crippen molar-refractivity contribution in [2.45, 2.75) is 91.3 Å². The van der Waals surface area contributed by atoms with Crippen LogP contribution in [0.25, 0.3) is 0 Å². The Bertz CT molecular complexity index is 912. The number of carbonyl (C=O) groups excluding carboxylic acids is 4. The van der Waals surface area contributed by atoms with Gasteiger partial charge in [0.15, 0.2) is 0 Å². The van der Waals surface area contributed by atoms with E-state index in [9.17, 15) is 24.3 Å². The first kappa shape index (κ1) is 30.7. The molecule has 0 aromatic heterocycles. The van der Waals surface area contributed by atoms with Crippen LogP contribution >= 0.6 is 0 Å². The van der Waals surface area contributed by atoms with Crippen molar-refractivity contribution >= 4 is 23.8 Å². The van der Waals surface area contributed by atoms with Gasteiger partial charge in [-0.2, -0.15) is 0 Å². The summed E-state index contributed by atoms with van der Waals surface area (Å²) >= 11 is 0. The lowest BCUT2D eigenvalue weighted by atomic mass is 9.98. The van der Waals surface area contributed by atoms with E-state index in [2.05, 4.69) is 17.6 Å². The third-order valence-corrected chi connectivity index (χ3v) is 5.50. The first-order valence-electron chi connectivity index (χ1n) is 12.5. The highest BCUT2D eigenvalue weighted by Crippen LogP contribution is 2.32. The summed E-state index contributed by atoms with van der Waals surface area (Å²) in [6, 6.07) is 2.67. The molecule has 0 bridgehead atoms. The molecule has 0 aliphatic carbocycles. The summed E-state index contributed by atoms with van der Waals surface area (Å²) < 4.78 is 5.29. The molecule has 202 valence electrons. The van der Waals surface area contributed by atoms with Crippen molar-refractivity contribution in [3.8, 4) is 5.75 Å². The quantitative estimate of drug-likeness (QED) is 0.302. The van der Waals surface area contributed by atoms with E-state index in [0.29, 0.717) is 12.1 Å². The maximum atomic E-state index is 13.7. The lowest BCUT2D eigenvalue weighted by Crippen LogP contribution is -2.53. The van der Waals surface area contributed by atoms with E-state index in [1.807, 2.05) is 0 Å². The number of nitrogens with zero attached hydrogens (tertiary/aromatic N) is 1. The molecule has 10 heteroatoms. The molecule has 0 saturated carbocycles. The summed E-state index contributed by atoms with van der Waals surface area (Å²) in [6.07, 6.45) is 1.62. The summed E-state index contributed by atoms with van der Waals surface area (Å²) in [7, 11) is 0. The average Bonchev–Trinajstić information content (AvgIpc) is 2.78. The highest BCUT2D eigenvalue weighted by Gasteiger charge is 2.36. The number of phenolic OH excluding ortho intramolecular Hbond substituents is 1. The largest absolute Gasteiger partial charge is 0.507 e. The van der Waals surface area contributed by atoms with Crippen LogP contribution in [-0.2, 0) is 19.1 Å². The van der Waals surface area contributed by atoms with Gasteiger partial charge in [-0.05, 0) is 53.0 Å². The number of benzene rings is 1. The molecule has 0 aliphatic heterocycles. The third kappa shape index (κ3) is 9.75. The van der Waals surface area contributed by atoms with Crippen molar-refractivity contribution in [1.29, 1.82) is 0 Å². The third-order valence-electron chi connectivity index (χ3n) is 5.50. The van der Waals surface area contributed by atoms with E-state index in [-0.39, 0.29) is 30.7 Å². The second-order valence-electron chi connectivity index (χ2n) is 9.74. The Kier molecular flexibility index (Phi) is 12.2. The fourth-order valence-electron chi connectivity index (χ4n) is 3.70. The molecule has 0 heterocycles. The van der Waals surface area contributed by atoms with Crippen LogP contribution in [-0.4, -0.2) is 58.6 Å². The molecule has 4 amide bonds. The van der Waals surface area contributed by atoms with Gasteiger partial charge in [-0.25, -0.2) is 4.79 Å². The number of nitrogens with two attached hydrogens (primary N) is 1. The number of aromatic hydroxyl groups is 1. The lowest BCUT2D eigenvalue weighted by Gasteiger charge is -2.34. The standard InChI is InChI=1S/C26H42N4O6/c1-7-9-10-16-28-23(33)21(18-13-11-12-17(3)22(18)32)30(8-2)24(34)19(14-15-20(27)31)29-25(35)36-26(4,5)6/h11-13,19,21,32H,7-10,14-16H2,1-6H3,(H2,27,31)(H,28,33)(H,29,35). The van der Waals surface area contributed by atoms with Gasteiger partial charge in [0.25, 0.3) is 0 Å². The number of nitrogens with one attached hydrogen (secondary N) is 2. The molecular formula is C26H42N4O6. The normalized spacial score (nSPS) is 12.8. The Morgan fingerprint density at radius 2 is 1.81 bits per heavy atom. The van der Waals surface area contributed by atoms with Crippen molar-refractivity contribution in [3.63, 3.8) is 0 Å². The fourth-order valence-corrected chi connectivity index (χ4v) is 3.70. The van der Waals surface area contributed by atoms with Crippen molar-refractivity contribution < 1.29 is 29.0 Å². The molecule has 5 N–H and O–H groups in total. The van der Waals surface area contributed by atoms with E-state index in [1.165, 1.54) is 4.90 Å². The van der Waals surface area contributed by atoms with Crippen LogP contribution in [0.5, 0.6) is 5.75 Å². The van der Waals surface area contributed by atoms with Crippen LogP contribution in [0, 0.1) is 6.92 Å². The highest BCUT2D eigenvalue weighted by molar-refractivity contribution is 5.93. The maximum Gasteiger partial charge on any atom is 0.408 e. The zero-order valence-electron chi connectivity index (χ0n) is 22.3. The van der Waals surface area contributed by atoms with E-state index in [0.717, 1.165) is 19.3 Å². The van der Waals surface area contributed by atoms with Gasteiger partial charge < -0.3 is 31.1 Å². The minimum absolute atomic E-state index is 0.0749. The Balaban J connectivity index is 3.38. The highest BCUT2D eigenvalue weighted by atomic mass is 16.6. The Hall–Kier alpha value is -3.30. The molecule has 2 atom stereocenters. The number of unbranched alkanes of at least 4 members (excludes halogenated alkanes) is 2. The molecule has 36 heavy (non-hydrogen) atoms. The second kappa shape index (κ2) is 14.3. The monoisotopic (exact) mass is 506 g/mol. The van der Waals surface area contributed by atoms with Crippen LogP contribution in [0.4, 0.5) is 4.79 Å². The molecule has 2 unspecified atom stereocenters. The van der Waals surface area contributed by atoms with Gasteiger partial charge in [0.2, 0.25) is 17.7 Å². The SMILES string of the molecule is CCCCCNC(=O)C(c1cccc(C)c1O)N(CC)C(=O)C(CCC(N)=O)NC(=O)OC(C)(C)C. The van der Waals surface area contributed by atoms with E-state index in [1.54, 1.807) is 52.8 Å². The minimum atomic E-state index is -1.17. The predicted molar refractivity (Wildman–Crippen MR) is 137 cm³/mol.